The molecule has 0 saturated heterocycles. The number of nitrogens with zero attached hydrogens (tertiary/aromatic N) is 1. The van der Waals surface area contributed by atoms with Crippen LogP contribution in [0.1, 0.15) is 55.3 Å². The van der Waals surface area contributed by atoms with E-state index in [2.05, 4.69) is 0 Å². The maximum atomic E-state index is 13.4. The highest BCUT2D eigenvalue weighted by molar-refractivity contribution is 7.91. The van der Waals surface area contributed by atoms with E-state index in [0.29, 0.717) is 23.3 Å². The number of ether oxygens (including phenoxy) is 3. The van der Waals surface area contributed by atoms with Crippen LogP contribution in [0.2, 0.25) is 5.02 Å². The summed E-state index contributed by atoms with van der Waals surface area (Å²) >= 11 is 6.09. The van der Waals surface area contributed by atoms with Crippen LogP contribution in [0.4, 0.5) is 4.79 Å². The second-order valence-electron chi connectivity index (χ2n) is 10.7. The average molecular weight is 618 g/mol. The zero-order chi connectivity index (χ0) is 31.1. The molecule has 0 spiro atoms. The summed E-state index contributed by atoms with van der Waals surface area (Å²) in [6.07, 6.45) is -0.812. The van der Waals surface area contributed by atoms with Crippen LogP contribution in [0.25, 0.3) is 0 Å². The highest BCUT2D eigenvalue weighted by Gasteiger charge is 2.29. The Morgan fingerprint density at radius 1 is 1.07 bits per heavy atom. The van der Waals surface area contributed by atoms with Crippen molar-refractivity contribution in [3.05, 3.63) is 88.4 Å². The second-order valence-corrected chi connectivity index (χ2v) is 13.1. The maximum Gasteiger partial charge on any atom is 0.410 e. The van der Waals surface area contributed by atoms with Crippen LogP contribution in [0, 0.1) is 0 Å². The van der Waals surface area contributed by atoms with E-state index < -0.39 is 33.7 Å². The molecule has 0 saturated carbocycles. The van der Waals surface area contributed by atoms with E-state index in [1.165, 1.54) is 42.3 Å². The number of benzene rings is 3. The summed E-state index contributed by atoms with van der Waals surface area (Å²) in [6, 6.07) is 16.9. The topological polar surface area (TPSA) is 119 Å². The first-order valence-corrected chi connectivity index (χ1v) is 15.1. The molecule has 0 fully saturated rings. The van der Waals surface area contributed by atoms with Gasteiger partial charge in [-0.25, -0.2) is 13.2 Å². The van der Waals surface area contributed by atoms with Crippen molar-refractivity contribution in [3.8, 4) is 5.75 Å². The fourth-order valence-corrected chi connectivity index (χ4v) is 5.91. The summed E-state index contributed by atoms with van der Waals surface area (Å²) < 4.78 is 42.7. The third-order valence-corrected chi connectivity index (χ3v) is 8.36. The Balaban J connectivity index is 1.84. The summed E-state index contributed by atoms with van der Waals surface area (Å²) in [6.45, 7) is 6.91. The SMILES string of the molecule is COCOc1cccc(S(=O)(=O)c2ccc(C[C@@H](C)N(C[C@H](O)c3cccc(Cl)c3)C(=O)OC(C)(C)C)cc2)c1C=O. The number of sulfone groups is 1. The van der Waals surface area contributed by atoms with Crippen LogP contribution >= 0.6 is 11.6 Å². The standard InChI is InChI=1S/C31H36ClNO8S/c1-21(33(30(36)41-31(2,3)4)18-27(35)23-8-6-9-24(32)17-23)16-22-12-14-25(15-13-22)42(37,38)29-11-7-10-28(26(29)19-34)40-20-39-5/h6-15,17,19,21,27,35H,16,18,20H2,1-5H3/t21-,27+/m1/s1. The van der Waals surface area contributed by atoms with Crippen molar-refractivity contribution in [1.29, 1.82) is 0 Å². The fraction of sp³-hybridized carbons (Fsp3) is 0.355. The van der Waals surface area contributed by atoms with Crippen LogP contribution in [-0.2, 0) is 25.7 Å². The molecule has 11 heteroatoms. The number of amides is 1. The lowest BCUT2D eigenvalue weighted by molar-refractivity contribution is 0.00546. The van der Waals surface area contributed by atoms with Crippen molar-refractivity contribution < 1.29 is 37.3 Å². The van der Waals surface area contributed by atoms with Crippen LogP contribution in [0.5, 0.6) is 5.75 Å². The summed E-state index contributed by atoms with van der Waals surface area (Å²) in [5.41, 5.74) is 0.459. The number of aliphatic hydroxyl groups excluding tert-OH is 1. The predicted octanol–water partition coefficient (Wildman–Crippen LogP) is 5.87. The third kappa shape index (κ3) is 8.54. The largest absolute Gasteiger partial charge is 0.467 e. The Hall–Kier alpha value is -3.44. The molecule has 0 aliphatic rings. The summed E-state index contributed by atoms with van der Waals surface area (Å²) in [5, 5.41) is 11.4. The molecule has 0 aromatic heterocycles. The molecule has 0 unspecified atom stereocenters. The number of hydrogen-bond donors (Lipinski definition) is 1. The molecule has 3 aromatic carbocycles. The van der Waals surface area contributed by atoms with Gasteiger partial charge >= 0.3 is 6.09 Å². The summed E-state index contributed by atoms with van der Waals surface area (Å²) in [5.74, 6) is 0.0977. The number of hydrogen-bond acceptors (Lipinski definition) is 8. The molecule has 0 radical (unpaired) electrons. The quantitative estimate of drug-likeness (QED) is 0.198. The van der Waals surface area contributed by atoms with Gasteiger partial charge in [0, 0.05) is 18.2 Å². The van der Waals surface area contributed by atoms with E-state index >= 15 is 0 Å². The van der Waals surface area contributed by atoms with Gasteiger partial charge in [-0.05, 0) is 81.6 Å². The first-order chi connectivity index (χ1) is 19.8. The minimum atomic E-state index is -4.06. The van der Waals surface area contributed by atoms with Crippen LogP contribution in [0.3, 0.4) is 0 Å². The third-order valence-electron chi connectivity index (χ3n) is 6.29. The van der Waals surface area contributed by atoms with Crippen LogP contribution in [-0.4, -0.2) is 62.9 Å². The van der Waals surface area contributed by atoms with Gasteiger partial charge in [0.1, 0.15) is 11.4 Å². The molecular formula is C31H36ClNO8S. The summed E-state index contributed by atoms with van der Waals surface area (Å²) in [4.78, 5) is 26.2. The molecule has 42 heavy (non-hydrogen) atoms. The highest BCUT2D eigenvalue weighted by atomic mass is 35.5. The molecule has 2 atom stereocenters. The van der Waals surface area contributed by atoms with Crippen molar-refractivity contribution in [2.24, 2.45) is 0 Å². The Kier molecular flexibility index (Phi) is 11.1. The minimum Gasteiger partial charge on any atom is -0.467 e. The van der Waals surface area contributed by atoms with Crippen LogP contribution < -0.4 is 4.74 Å². The van der Waals surface area contributed by atoms with Crippen molar-refractivity contribution in [2.45, 2.75) is 61.7 Å². The molecular weight excluding hydrogens is 582 g/mol. The smallest absolute Gasteiger partial charge is 0.410 e. The number of rotatable bonds is 12. The fourth-order valence-electron chi connectivity index (χ4n) is 4.27. The monoisotopic (exact) mass is 617 g/mol. The van der Waals surface area contributed by atoms with Gasteiger partial charge in [0.05, 0.1) is 28.0 Å². The molecule has 1 N–H and O–H groups in total. The van der Waals surface area contributed by atoms with Crippen molar-refractivity contribution in [2.75, 3.05) is 20.4 Å². The number of carbonyl (C=O) groups is 2. The zero-order valence-electron chi connectivity index (χ0n) is 24.2. The lowest BCUT2D eigenvalue weighted by atomic mass is 10.0. The number of aliphatic hydroxyl groups is 1. The molecule has 0 aliphatic heterocycles. The van der Waals surface area contributed by atoms with Gasteiger partial charge in [0.25, 0.3) is 0 Å². The van der Waals surface area contributed by atoms with Gasteiger partial charge < -0.3 is 24.2 Å². The molecule has 3 aromatic rings. The molecule has 226 valence electrons. The Morgan fingerprint density at radius 2 is 1.74 bits per heavy atom. The van der Waals surface area contributed by atoms with E-state index in [1.807, 2.05) is 6.92 Å². The van der Waals surface area contributed by atoms with E-state index in [1.54, 1.807) is 57.2 Å². The van der Waals surface area contributed by atoms with E-state index in [9.17, 15) is 23.1 Å². The van der Waals surface area contributed by atoms with Crippen molar-refractivity contribution in [3.63, 3.8) is 0 Å². The lowest BCUT2D eigenvalue weighted by Gasteiger charge is -2.33. The van der Waals surface area contributed by atoms with Gasteiger partial charge in [0.15, 0.2) is 13.1 Å². The average Bonchev–Trinajstić information content (AvgIpc) is 2.93. The minimum absolute atomic E-state index is 0.00808. The maximum absolute atomic E-state index is 13.4. The molecule has 0 bridgehead atoms. The molecule has 0 heterocycles. The van der Waals surface area contributed by atoms with E-state index in [-0.39, 0.29) is 34.4 Å². The van der Waals surface area contributed by atoms with E-state index in [4.69, 9.17) is 25.8 Å². The molecule has 3 rings (SSSR count). The second kappa shape index (κ2) is 14.2. The predicted molar refractivity (Wildman–Crippen MR) is 159 cm³/mol. The zero-order valence-corrected chi connectivity index (χ0v) is 25.8. The Bertz CT molecular complexity index is 1490. The summed E-state index contributed by atoms with van der Waals surface area (Å²) in [7, 11) is -2.64. The number of methoxy groups -OCH3 is 1. The number of carbonyl (C=O) groups excluding carboxylic acids is 2. The first-order valence-electron chi connectivity index (χ1n) is 13.2. The Labute approximate surface area is 251 Å². The Morgan fingerprint density at radius 3 is 2.33 bits per heavy atom. The van der Waals surface area contributed by atoms with Crippen molar-refractivity contribution >= 4 is 33.8 Å². The molecule has 9 nitrogen and oxygen atoms in total. The van der Waals surface area contributed by atoms with Gasteiger partial charge in [0.2, 0.25) is 9.84 Å². The van der Waals surface area contributed by atoms with Gasteiger partial charge in [-0.15, -0.1) is 0 Å². The van der Waals surface area contributed by atoms with Crippen molar-refractivity contribution in [1.82, 2.24) is 4.90 Å². The van der Waals surface area contributed by atoms with Gasteiger partial charge in [-0.3, -0.25) is 4.79 Å². The number of aldehydes is 1. The highest BCUT2D eigenvalue weighted by Crippen LogP contribution is 2.30. The first kappa shape index (κ1) is 33.1. The van der Waals surface area contributed by atoms with Gasteiger partial charge in [-0.1, -0.05) is 41.9 Å². The lowest BCUT2D eigenvalue weighted by Crippen LogP contribution is -2.45. The molecule has 1 amide bonds. The van der Waals surface area contributed by atoms with Crippen LogP contribution in [0.15, 0.2) is 76.5 Å². The normalized spacial score (nSPS) is 13.2. The van der Waals surface area contributed by atoms with Gasteiger partial charge in [-0.2, -0.15) is 0 Å². The van der Waals surface area contributed by atoms with E-state index in [0.717, 1.165) is 5.56 Å². The molecule has 0 aliphatic carbocycles. The number of halogens is 1.